The molecule has 0 bridgehead atoms. The number of pyridine rings is 1. The second-order valence-corrected chi connectivity index (χ2v) is 6.70. The zero-order valence-corrected chi connectivity index (χ0v) is 16.3. The van der Waals surface area contributed by atoms with Gasteiger partial charge in [-0.25, -0.2) is 9.67 Å². The molecule has 2 heterocycles. The smallest absolute Gasteiger partial charge is 0.326 e. The van der Waals surface area contributed by atoms with Crippen LogP contribution in [0.4, 0.5) is 18.9 Å². The SMILES string of the molecule is CCc1ccccc1NC(=O)Cc1c(C)nn(-c2ccc(C(F)(F)F)cn2)c1C. The van der Waals surface area contributed by atoms with Crippen LogP contribution in [0.1, 0.15) is 35.0 Å². The maximum atomic E-state index is 12.7. The van der Waals surface area contributed by atoms with Crippen molar-refractivity contribution >= 4 is 11.6 Å². The summed E-state index contributed by atoms with van der Waals surface area (Å²) in [5.74, 6) is 0.0821. The number of rotatable bonds is 5. The first-order chi connectivity index (χ1) is 13.7. The van der Waals surface area contributed by atoms with Crippen molar-refractivity contribution in [2.24, 2.45) is 0 Å². The van der Waals surface area contributed by atoms with Crippen LogP contribution in [0.15, 0.2) is 42.6 Å². The number of hydrogen-bond donors (Lipinski definition) is 1. The maximum absolute atomic E-state index is 12.7. The van der Waals surface area contributed by atoms with Crippen LogP contribution in [-0.4, -0.2) is 20.7 Å². The molecule has 3 aromatic rings. The van der Waals surface area contributed by atoms with E-state index in [1.54, 1.807) is 13.8 Å². The molecule has 0 saturated heterocycles. The minimum Gasteiger partial charge on any atom is -0.326 e. The number of anilines is 1. The molecule has 0 aliphatic rings. The van der Waals surface area contributed by atoms with Gasteiger partial charge in [-0.1, -0.05) is 25.1 Å². The fourth-order valence-electron chi connectivity index (χ4n) is 3.14. The zero-order chi connectivity index (χ0) is 21.2. The van der Waals surface area contributed by atoms with Gasteiger partial charge in [0.25, 0.3) is 0 Å². The lowest BCUT2D eigenvalue weighted by Crippen LogP contribution is -2.16. The highest BCUT2D eigenvalue weighted by Gasteiger charge is 2.30. The average Bonchev–Trinajstić information content (AvgIpc) is 2.96. The summed E-state index contributed by atoms with van der Waals surface area (Å²) in [6.45, 7) is 5.54. The largest absolute Gasteiger partial charge is 0.417 e. The standard InChI is InChI=1S/C21H21F3N4O/c1-4-15-7-5-6-8-18(15)26-20(29)11-17-13(2)27-28(14(17)3)19-10-9-16(12-25-19)21(22,23)24/h5-10,12H,4,11H2,1-3H3,(H,26,29). The van der Waals surface area contributed by atoms with Gasteiger partial charge in [0.2, 0.25) is 5.91 Å². The number of aryl methyl sites for hydroxylation is 2. The monoisotopic (exact) mass is 402 g/mol. The topological polar surface area (TPSA) is 59.8 Å². The Labute approximate surface area is 166 Å². The first kappa shape index (κ1) is 20.6. The second kappa shape index (κ2) is 8.06. The van der Waals surface area contributed by atoms with Crippen molar-refractivity contribution in [3.8, 4) is 5.82 Å². The molecule has 0 atom stereocenters. The number of nitrogens with zero attached hydrogens (tertiary/aromatic N) is 3. The number of carbonyl (C=O) groups excluding carboxylic acids is 1. The van der Waals surface area contributed by atoms with Crippen molar-refractivity contribution < 1.29 is 18.0 Å². The van der Waals surface area contributed by atoms with Crippen LogP contribution < -0.4 is 5.32 Å². The molecule has 0 saturated carbocycles. The number of hydrogen-bond acceptors (Lipinski definition) is 3. The molecule has 0 fully saturated rings. The number of para-hydroxylation sites is 1. The summed E-state index contributed by atoms with van der Waals surface area (Å²) in [6.07, 6.45) is -2.76. The lowest BCUT2D eigenvalue weighted by molar-refractivity contribution is -0.137. The zero-order valence-electron chi connectivity index (χ0n) is 16.3. The molecule has 0 radical (unpaired) electrons. The van der Waals surface area contributed by atoms with Gasteiger partial charge in [0.1, 0.15) is 0 Å². The Morgan fingerprint density at radius 1 is 1.14 bits per heavy atom. The third kappa shape index (κ3) is 4.47. The predicted molar refractivity (Wildman–Crippen MR) is 104 cm³/mol. The minimum atomic E-state index is -4.45. The number of amides is 1. The minimum absolute atomic E-state index is 0.107. The number of nitrogens with one attached hydrogen (secondary N) is 1. The van der Waals surface area contributed by atoms with Gasteiger partial charge >= 0.3 is 6.18 Å². The van der Waals surface area contributed by atoms with Gasteiger partial charge in [0.05, 0.1) is 17.7 Å². The van der Waals surface area contributed by atoms with Crippen molar-refractivity contribution in [3.05, 3.63) is 70.7 Å². The van der Waals surface area contributed by atoms with Gasteiger partial charge in [-0.05, 0) is 44.0 Å². The Kier molecular flexibility index (Phi) is 5.72. The molecule has 1 amide bonds. The highest BCUT2D eigenvalue weighted by Crippen LogP contribution is 2.29. The molecular formula is C21H21F3N4O. The number of carbonyl (C=O) groups is 1. The molecule has 29 heavy (non-hydrogen) atoms. The summed E-state index contributed by atoms with van der Waals surface area (Å²) in [4.78, 5) is 16.4. The molecule has 1 N–H and O–H groups in total. The van der Waals surface area contributed by atoms with E-state index < -0.39 is 11.7 Å². The summed E-state index contributed by atoms with van der Waals surface area (Å²) >= 11 is 0. The van der Waals surface area contributed by atoms with Crippen molar-refractivity contribution in [1.82, 2.24) is 14.8 Å². The normalized spacial score (nSPS) is 11.5. The molecule has 8 heteroatoms. The molecule has 0 spiro atoms. The number of alkyl halides is 3. The third-order valence-corrected chi connectivity index (χ3v) is 4.74. The summed E-state index contributed by atoms with van der Waals surface area (Å²) in [5, 5.41) is 7.28. The van der Waals surface area contributed by atoms with E-state index in [0.717, 1.165) is 35.5 Å². The van der Waals surface area contributed by atoms with E-state index in [0.29, 0.717) is 11.4 Å². The van der Waals surface area contributed by atoms with Crippen molar-refractivity contribution in [1.29, 1.82) is 0 Å². The van der Waals surface area contributed by atoms with E-state index in [4.69, 9.17) is 0 Å². The Balaban J connectivity index is 1.81. The molecule has 2 aromatic heterocycles. The first-order valence-electron chi connectivity index (χ1n) is 9.17. The van der Waals surface area contributed by atoms with Crippen molar-refractivity contribution in [2.45, 2.75) is 39.8 Å². The van der Waals surface area contributed by atoms with E-state index >= 15 is 0 Å². The molecule has 1 aromatic carbocycles. The van der Waals surface area contributed by atoms with Crippen molar-refractivity contribution in [2.75, 3.05) is 5.32 Å². The maximum Gasteiger partial charge on any atom is 0.417 e. The van der Waals surface area contributed by atoms with Crippen LogP contribution in [0.3, 0.4) is 0 Å². The average molecular weight is 402 g/mol. The molecular weight excluding hydrogens is 381 g/mol. The van der Waals surface area contributed by atoms with E-state index in [2.05, 4.69) is 15.4 Å². The summed E-state index contributed by atoms with van der Waals surface area (Å²) in [7, 11) is 0. The first-order valence-corrected chi connectivity index (χ1v) is 9.17. The van der Waals surface area contributed by atoms with E-state index in [-0.39, 0.29) is 18.1 Å². The summed E-state index contributed by atoms with van der Waals surface area (Å²) < 4.78 is 39.7. The van der Waals surface area contributed by atoms with Gasteiger partial charge in [-0.3, -0.25) is 4.79 Å². The van der Waals surface area contributed by atoms with Gasteiger partial charge in [0.15, 0.2) is 5.82 Å². The summed E-state index contributed by atoms with van der Waals surface area (Å²) in [5.41, 5.74) is 3.00. The van der Waals surface area contributed by atoms with Crippen LogP contribution in [0.25, 0.3) is 5.82 Å². The highest BCUT2D eigenvalue weighted by atomic mass is 19.4. The molecule has 0 unspecified atom stereocenters. The molecule has 152 valence electrons. The number of halogens is 3. The molecule has 0 aliphatic carbocycles. The highest BCUT2D eigenvalue weighted by molar-refractivity contribution is 5.93. The van der Waals surface area contributed by atoms with Crippen LogP contribution in [-0.2, 0) is 23.8 Å². The van der Waals surface area contributed by atoms with Gasteiger partial charge in [-0.15, -0.1) is 0 Å². The number of benzene rings is 1. The Morgan fingerprint density at radius 2 is 1.86 bits per heavy atom. The number of aromatic nitrogens is 3. The lowest BCUT2D eigenvalue weighted by Gasteiger charge is -2.10. The van der Waals surface area contributed by atoms with Crippen molar-refractivity contribution in [3.63, 3.8) is 0 Å². The molecule has 5 nitrogen and oxygen atoms in total. The van der Waals surface area contributed by atoms with Crippen LogP contribution in [0.2, 0.25) is 0 Å². The summed E-state index contributed by atoms with van der Waals surface area (Å²) in [6, 6.07) is 9.83. The predicted octanol–water partition coefficient (Wildman–Crippen LogP) is 4.65. The van der Waals surface area contributed by atoms with Crippen LogP contribution in [0.5, 0.6) is 0 Å². The van der Waals surface area contributed by atoms with Gasteiger partial charge in [0, 0.05) is 23.1 Å². The van der Waals surface area contributed by atoms with Gasteiger partial charge in [-0.2, -0.15) is 18.3 Å². The molecule has 0 aliphatic heterocycles. The van der Waals surface area contributed by atoms with E-state index in [1.165, 1.54) is 10.7 Å². The second-order valence-electron chi connectivity index (χ2n) is 6.70. The third-order valence-electron chi connectivity index (χ3n) is 4.74. The van der Waals surface area contributed by atoms with E-state index in [9.17, 15) is 18.0 Å². The molecule has 3 rings (SSSR count). The van der Waals surface area contributed by atoms with Crippen LogP contribution >= 0.6 is 0 Å². The Hall–Kier alpha value is -3.16. The quantitative estimate of drug-likeness (QED) is 0.676. The Bertz CT molecular complexity index is 1020. The fraction of sp³-hybridized carbons (Fsp3) is 0.286. The van der Waals surface area contributed by atoms with Crippen LogP contribution in [0, 0.1) is 13.8 Å². The van der Waals surface area contributed by atoms with Gasteiger partial charge < -0.3 is 5.32 Å². The Morgan fingerprint density at radius 3 is 2.48 bits per heavy atom. The fourth-order valence-corrected chi connectivity index (χ4v) is 3.14. The van der Waals surface area contributed by atoms with E-state index in [1.807, 2.05) is 31.2 Å². The lowest BCUT2D eigenvalue weighted by atomic mass is 10.1.